The second kappa shape index (κ2) is 7.11. The van der Waals surface area contributed by atoms with Crippen LogP contribution in [0.4, 0.5) is 9.52 Å². The molecule has 0 aliphatic heterocycles. The molecule has 4 rings (SSSR count). The third-order valence-corrected chi connectivity index (χ3v) is 5.13. The van der Waals surface area contributed by atoms with E-state index in [2.05, 4.69) is 20.3 Å². The molecule has 1 amide bonds. The van der Waals surface area contributed by atoms with Crippen molar-refractivity contribution < 1.29 is 9.18 Å². The lowest BCUT2D eigenvalue weighted by atomic mass is 10.2. The molecule has 0 saturated carbocycles. The summed E-state index contributed by atoms with van der Waals surface area (Å²) in [5.41, 5.74) is 2.51. The molecule has 0 fully saturated rings. The van der Waals surface area contributed by atoms with Gasteiger partial charge < -0.3 is 0 Å². The third-order valence-electron chi connectivity index (χ3n) is 3.48. The maximum absolute atomic E-state index is 13.0. The molecule has 1 aromatic carbocycles. The topological polar surface area (TPSA) is 67.8 Å². The molecule has 4 aromatic rings. The summed E-state index contributed by atoms with van der Waals surface area (Å²) in [5, 5.41) is 7.39. The number of nitrogens with zero attached hydrogens (tertiary/aromatic N) is 3. The summed E-state index contributed by atoms with van der Waals surface area (Å²) in [6.07, 6.45) is 1.69. The molecule has 3 heterocycles. The fourth-order valence-electron chi connectivity index (χ4n) is 2.23. The van der Waals surface area contributed by atoms with Crippen LogP contribution in [0.25, 0.3) is 22.0 Å². The quantitative estimate of drug-likeness (QED) is 0.554. The zero-order valence-electron chi connectivity index (χ0n) is 13.2. The van der Waals surface area contributed by atoms with Crippen LogP contribution in [-0.2, 0) is 0 Å². The fourth-order valence-corrected chi connectivity index (χ4v) is 3.73. The Bertz CT molecular complexity index is 1040. The largest absolute Gasteiger partial charge is 0.296 e. The number of hydrogen-bond acceptors (Lipinski definition) is 6. The van der Waals surface area contributed by atoms with Gasteiger partial charge in [0.05, 0.1) is 5.69 Å². The maximum atomic E-state index is 13.0. The Hall–Kier alpha value is -2.97. The molecule has 5 nitrogen and oxygen atoms in total. The van der Waals surface area contributed by atoms with Gasteiger partial charge in [-0.3, -0.25) is 15.1 Å². The van der Waals surface area contributed by atoms with Crippen molar-refractivity contribution in [2.75, 3.05) is 5.32 Å². The Kier molecular flexibility index (Phi) is 4.51. The van der Waals surface area contributed by atoms with Gasteiger partial charge in [-0.15, -0.1) is 22.7 Å². The van der Waals surface area contributed by atoms with E-state index in [1.165, 1.54) is 34.8 Å². The fraction of sp³-hybridized carbons (Fsp3) is 0. The van der Waals surface area contributed by atoms with Crippen LogP contribution in [0.15, 0.2) is 59.4 Å². The van der Waals surface area contributed by atoms with Gasteiger partial charge in [0.1, 0.15) is 22.2 Å². The number of benzene rings is 1. The maximum Gasteiger partial charge on any atom is 0.276 e. The van der Waals surface area contributed by atoms with Crippen molar-refractivity contribution in [2.24, 2.45) is 0 Å². The molecule has 1 N–H and O–H groups in total. The standard InChI is InChI=1S/C18H11FN4OS2/c19-12-6-4-11(5-7-12)17-21-15(10-25-17)16(24)23-18-22-14(9-26-18)13-3-1-2-8-20-13/h1-10H,(H,22,23,24). The monoisotopic (exact) mass is 382 g/mol. The minimum atomic E-state index is -0.337. The van der Waals surface area contributed by atoms with E-state index in [1.54, 1.807) is 23.7 Å². The lowest BCUT2D eigenvalue weighted by Gasteiger charge is -1.98. The molecular formula is C18H11FN4OS2. The molecule has 0 unspecified atom stereocenters. The van der Waals surface area contributed by atoms with E-state index in [9.17, 15) is 9.18 Å². The number of aromatic nitrogens is 3. The molecule has 0 spiro atoms. The average molecular weight is 382 g/mol. The molecule has 0 aliphatic rings. The Labute approximate surface area is 156 Å². The van der Waals surface area contributed by atoms with Crippen molar-refractivity contribution >= 4 is 33.7 Å². The van der Waals surface area contributed by atoms with Crippen molar-refractivity contribution in [1.29, 1.82) is 0 Å². The number of anilines is 1. The van der Waals surface area contributed by atoms with Gasteiger partial charge in [-0.05, 0) is 36.4 Å². The van der Waals surface area contributed by atoms with Crippen molar-refractivity contribution in [3.8, 4) is 22.0 Å². The average Bonchev–Trinajstić information content (AvgIpc) is 3.33. The summed E-state index contributed by atoms with van der Waals surface area (Å²) in [6.45, 7) is 0. The summed E-state index contributed by atoms with van der Waals surface area (Å²) in [4.78, 5) is 25.3. The minimum Gasteiger partial charge on any atom is -0.296 e. The summed E-state index contributed by atoms with van der Waals surface area (Å²) in [5.74, 6) is -0.646. The highest BCUT2D eigenvalue weighted by molar-refractivity contribution is 7.14. The van der Waals surface area contributed by atoms with Gasteiger partial charge in [0.25, 0.3) is 5.91 Å². The van der Waals surface area contributed by atoms with Crippen molar-refractivity contribution in [2.45, 2.75) is 0 Å². The van der Waals surface area contributed by atoms with E-state index in [1.807, 2.05) is 23.6 Å². The lowest BCUT2D eigenvalue weighted by molar-refractivity contribution is 0.102. The smallest absolute Gasteiger partial charge is 0.276 e. The molecular weight excluding hydrogens is 371 g/mol. The number of halogens is 1. The Balaban J connectivity index is 1.49. The van der Waals surface area contributed by atoms with E-state index in [4.69, 9.17) is 0 Å². The van der Waals surface area contributed by atoms with Crippen molar-refractivity contribution in [3.05, 3.63) is 70.9 Å². The summed E-state index contributed by atoms with van der Waals surface area (Å²) < 4.78 is 13.0. The van der Waals surface area contributed by atoms with Crippen LogP contribution in [-0.4, -0.2) is 20.9 Å². The predicted molar refractivity (Wildman–Crippen MR) is 101 cm³/mol. The van der Waals surface area contributed by atoms with Crippen LogP contribution in [0.1, 0.15) is 10.5 Å². The van der Waals surface area contributed by atoms with Crippen LogP contribution < -0.4 is 5.32 Å². The molecule has 26 heavy (non-hydrogen) atoms. The third kappa shape index (κ3) is 3.51. The summed E-state index contributed by atoms with van der Waals surface area (Å²) in [7, 11) is 0. The van der Waals surface area contributed by atoms with Gasteiger partial charge in [-0.2, -0.15) is 0 Å². The Morgan fingerprint density at radius 1 is 0.962 bits per heavy atom. The van der Waals surface area contributed by atoms with Gasteiger partial charge >= 0.3 is 0 Å². The number of nitrogens with one attached hydrogen (secondary N) is 1. The highest BCUT2D eigenvalue weighted by atomic mass is 32.1. The van der Waals surface area contributed by atoms with Crippen LogP contribution in [0.5, 0.6) is 0 Å². The first-order chi connectivity index (χ1) is 12.7. The van der Waals surface area contributed by atoms with Crippen molar-refractivity contribution in [3.63, 3.8) is 0 Å². The number of carbonyl (C=O) groups is 1. The zero-order chi connectivity index (χ0) is 17.9. The number of rotatable bonds is 4. The molecule has 0 atom stereocenters. The van der Waals surface area contributed by atoms with E-state index >= 15 is 0 Å². The van der Waals surface area contributed by atoms with Gasteiger partial charge in [-0.1, -0.05) is 6.07 Å². The van der Waals surface area contributed by atoms with Gasteiger partial charge in [0.2, 0.25) is 0 Å². The molecule has 8 heteroatoms. The first-order valence-corrected chi connectivity index (χ1v) is 9.35. The first kappa shape index (κ1) is 16.5. The first-order valence-electron chi connectivity index (χ1n) is 7.59. The second-order valence-corrected chi connectivity index (χ2v) is 6.97. The van der Waals surface area contributed by atoms with Crippen LogP contribution >= 0.6 is 22.7 Å². The van der Waals surface area contributed by atoms with E-state index in [-0.39, 0.29) is 11.7 Å². The number of pyridine rings is 1. The number of amides is 1. The van der Waals surface area contributed by atoms with Crippen LogP contribution in [0.2, 0.25) is 0 Å². The highest BCUT2D eigenvalue weighted by Crippen LogP contribution is 2.26. The SMILES string of the molecule is O=C(Nc1nc(-c2ccccn2)cs1)c1csc(-c2ccc(F)cc2)n1. The second-order valence-electron chi connectivity index (χ2n) is 5.25. The molecule has 0 aliphatic carbocycles. The number of hydrogen-bond donors (Lipinski definition) is 1. The Morgan fingerprint density at radius 3 is 2.58 bits per heavy atom. The Morgan fingerprint density at radius 2 is 1.81 bits per heavy atom. The molecule has 0 bridgehead atoms. The highest BCUT2D eigenvalue weighted by Gasteiger charge is 2.14. The summed E-state index contributed by atoms with van der Waals surface area (Å²) >= 11 is 2.65. The molecule has 3 aromatic heterocycles. The minimum absolute atomic E-state index is 0.295. The van der Waals surface area contributed by atoms with Gasteiger partial charge in [0.15, 0.2) is 5.13 Å². The molecule has 0 radical (unpaired) electrons. The zero-order valence-corrected chi connectivity index (χ0v) is 14.9. The predicted octanol–water partition coefficient (Wildman–Crippen LogP) is 4.72. The van der Waals surface area contributed by atoms with Gasteiger partial charge in [-0.25, -0.2) is 14.4 Å². The lowest BCUT2D eigenvalue weighted by Crippen LogP contribution is -2.12. The molecule has 128 valence electrons. The summed E-state index contributed by atoms with van der Waals surface area (Å²) in [6, 6.07) is 11.6. The van der Waals surface area contributed by atoms with E-state index in [0.717, 1.165) is 11.3 Å². The van der Waals surface area contributed by atoms with Crippen LogP contribution in [0.3, 0.4) is 0 Å². The van der Waals surface area contributed by atoms with E-state index in [0.29, 0.717) is 21.5 Å². The van der Waals surface area contributed by atoms with Gasteiger partial charge in [0, 0.05) is 22.5 Å². The normalized spacial score (nSPS) is 10.7. The van der Waals surface area contributed by atoms with E-state index < -0.39 is 0 Å². The van der Waals surface area contributed by atoms with Crippen LogP contribution in [0, 0.1) is 5.82 Å². The molecule has 0 saturated heterocycles. The number of carbonyl (C=O) groups excluding carboxylic acids is 1. The number of thiazole rings is 2. The van der Waals surface area contributed by atoms with Crippen molar-refractivity contribution in [1.82, 2.24) is 15.0 Å².